The van der Waals surface area contributed by atoms with Gasteiger partial charge in [-0.2, -0.15) is 0 Å². The Hall–Kier alpha value is -3.78. The van der Waals surface area contributed by atoms with Crippen molar-refractivity contribution in [2.24, 2.45) is 11.5 Å². The second kappa shape index (κ2) is 7.69. The molecule has 3 heterocycles. The van der Waals surface area contributed by atoms with Crippen LogP contribution in [0.1, 0.15) is 17.4 Å². The Balaban J connectivity index is 1.77. The Bertz CT molecular complexity index is 1170. The van der Waals surface area contributed by atoms with Crippen LogP contribution in [0.3, 0.4) is 0 Å². The smallest absolute Gasteiger partial charge is 0.269 e. The molecule has 0 aliphatic heterocycles. The Kier molecular flexibility index (Phi) is 4.92. The summed E-state index contributed by atoms with van der Waals surface area (Å²) in [5, 5.41) is 4.09. The van der Waals surface area contributed by atoms with Gasteiger partial charge in [-0.25, -0.2) is 9.97 Å². The zero-order valence-electron chi connectivity index (χ0n) is 15.9. The third-order valence-corrected chi connectivity index (χ3v) is 4.48. The molecule has 0 saturated heterocycles. The van der Waals surface area contributed by atoms with E-state index in [9.17, 15) is 4.79 Å². The molecule has 0 unspecified atom stereocenters. The van der Waals surface area contributed by atoms with E-state index in [1.54, 1.807) is 6.20 Å². The van der Waals surface area contributed by atoms with Gasteiger partial charge in [0.2, 0.25) is 0 Å². The number of hydrogen-bond acceptors (Lipinski definition) is 6. The first-order valence-electron chi connectivity index (χ1n) is 9.21. The van der Waals surface area contributed by atoms with Gasteiger partial charge in [0.05, 0.1) is 11.9 Å². The highest BCUT2D eigenvalue weighted by Crippen LogP contribution is 2.29. The minimum absolute atomic E-state index is 0.0463. The van der Waals surface area contributed by atoms with E-state index in [0.717, 1.165) is 22.0 Å². The molecule has 8 heteroatoms. The first-order valence-corrected chi connectivity index (χ1v) is 9.21. The molecule has 1 amide bonds. The first-order chi connectivity index (χ1) is 14.0. The van der Waals surface area contributed by atoms with Crippen molar-refractivity contribution in [2.45, 2.75) is 13.0 Å². The predicted molar refractivity (Wildman–Crippen MR) is 113 cm³/mol. The normalized spacial score (nSPS) is 12.1. The molecule has 0 aliphatic carbocycles. The lowest BCUT2D eigenvalue weighted by molar-refractivity contribution is 0.0996. The standard InChI is InChI=1S/C21H21N7O/c1-12(22)9-25-18-11-26-20(21(23)29)19(28-18)17-8-15-7-13(4-5-16(15)27-17)14-3-2-6-24-10-14/h2-8,10-12,27H,9,22H2,1H3,(H2,23,29)(H,25,28)/t12-/m0/s1. The first kappa shape index (κ1) is 18.6. The van der Waals surface area contributed by atoms with Gasteiger partial charge < -0.3 is 21.8 Å². The Morgan fingerprint density at radius 1 is 1.21 bits per heavy atom. The van der Waals surface area contributed by atoms with Crippen molar-refractivity contribution in [3.63, 3.8) is 0 Å². The van der Waals surface area contributed by atoms with E-state index in [2.05, 4.69) is 31.3 Å². The number of carbonyl (C=O) groups excluding carboxylic acids is 1. The number of benzene rings is 1. The quantitative estimate of drug-likeness (QED) is 0.401. The van der Waals surface area contributed by atoms with Crippen molar-refractivity contribution in [2.75, 3.05) is 11.9 Å². The highest BCUT2D eigenvalue weighted by molar-refractivity contribution is 5.98. The molecule has 6 N–H and O–H groups in total. The zero-order valence-corrected chi connectivity index (χ0v) is 15.9. The number of aromatic nitrogens is 4. The van der Waals surface area contributed by atoms with Crippen molar-refractivity contribution >= 4 is 22.6 Å². The number of rotatable bonds is 6. The number of hydrogen-bond donors (Lipinski definition) is 4. The van der Waals surface area contributed by atoms with Gasteiger partial charge in [0.25, 0.3) is 5.91 Å². The van der Waals surface area contributed by atoms with Gasteiger partial charge in [-0.15, -0.1) is 0 Å². The van der Waals surface area contributed by atoms with Crippen molar-refractivity contribution in [1.29, 1.82) is 0 Å². The SMILES string of the molecule is C[C@H](N)CNc1cnc(C(N)=O)c(-c2cc3cc(-c4cccnc4)ccc3[nH]2)n1. The molecule has 0 aliphatic rings. The van der Waals surface area contributed by atoms with Crippen molar-refractivity contribution in [1.82, 2.24) is 19.9 Å². The molecule has 29 heavy (non-hydrogen) atoms. The largest absolute Gasteiger partial charge is 0.367 e. The second-order valence-corrected chi connectivity index (χ2v) is 6.90. The topological polar surface area (TPSA) is 136 Å². The van der Waals surface area contributed by atoms with Crippen LogP contribution in [0.5, 0.6) is 0 Å². The fourth-order valence-electron chi connectivity index (χ4n) is 3.08. The van der Waals surface area contributed by atoms with E-state index < -0.39 is 5.91 Å². The van der Waals surface area contributed by atoms with E-state index in [-0.39, 0.29) is 11.7 Å². The lowest BCUT2D eigenvalue weighted by atomic mass is 10.1. The lowest BCUT2D eigenvalue weighted by Crippen LogP contribution is -2.26. The maximum Gasteiger partial charge on any atom is 0.269 e. The van der Waals surface area contributed by atoms with Crippen LogP contribution < -0.4 is 16.8 Å². The molecule has 4 rings (SSSR count). The summed E-state index contributed by atoms with van der Waals surface area (Å²) >= 11 is 0. The fraction of sp³-hybridized carbons (Fsp3) is 0.143. The summed E-state index contributed by atoms with van der Waals surface area (Å²) in [6, 6.07) is 11.8. The van der Waals surface area contributed by atoms with Gasteiger partial charge >= 0.3 is 0 Å². The molecule has 8 nitrogen and oxygen atoms in total. The molecular formula is C21H21N7O. The molecule has 1 atom stereocenters. The van der Waals surface area contributed by atoms with Crippen LogP contribution >= 0.6 is 0 Å². The molecule has 0 fully saturated rings. The Labute approximate surface area is 167 Å². The summed E-state index contributed by atoms with van der Waals surface area (Å²) in [5.41, 5.74) is 15.5. The minimum Gasteiger partial charge on any atom is -0.367 e. The van der Waals surface area contributed by atoms with Gasteiger partial charge in [0.15, 0.2) is 5.69 Å². The van der Waals surface area contributed by atoms with Crippen molar-refractivity contribution < 1.29 is 4.79 Å². The van der Waals surface area contributed by atoms with Crippen LogP contribution in [0.2, 0.25) is 0 Å². The summed E-state index contributed by atoms with van der Waals surface area (Å²) in [4.78, 5) is 28.1. The monoisotopic (exact) mass is 387 g/mol. The number of nitrogens with two attached hydrogens (primary N) is 2. The van der Waals surface area contributed by atoms with Gasteiger partial charge in [0.1, 0.15) is 11.5 Å². The van der Waals surface area contributed by atoms with Crippen molar-refractivity contribution in [3.8, 4) is 22.5 Å². The highest BCUT2D eigenvalue weighted by atomic mass is 16.1. The van der Waals surface area contributed by atoms with Gasteiger partial charge in [-0.3, -0.25) is 9.78 Å². The number of anilines is 1. The van der Waals surface area contributed by atoms with Crippen LogP contribution in [-0.2, 0) is 0 Å². The number of pyridine rings is 1. The average Bonchev–Trinajstić information content (AvgIpc) is 3.16. The number of aromatic amines is 1. The van der Waals surface area contributed by atoms with E-state index >= 15 is 0 Å². The number of primary amides is 1. The molecular weight excluding hydrogens is 366 g/mol. The third-order valence-electron chi connectivity index (χ3n) is 4.48. The lowest BCUT2D eigenvalue weighted by Gasteiger charge is -2.10. The average molecular weight is 387 g/mol. The summed E-state index contributed by atoms with van der Waals surface area (Å²) in [6.07, 6.45) is 5.04. The number of fused-ring (bicyclic) bond motifs is 1. The maximum absolute atomic E-state index is 11.9. The Morgan fingerprint density at radius 3 is 2.79 bits per heavy atom. The van der Waals surface area contributed by atoms with Crippen LogP contribution in [0.25, 0.3) is 33.4 Å². The van der Waals surface area contributed by atoms with Crippen LogP contribution in [0.4, 0.5) is 5.82 Å². The molecule has 0 spiro atoms. The molecule has 0 bridgehead atoms. The van der Waals surface area contributed by atoms with Gasteiger partial charge in [-0.05, 0) is 36.8 Å². The van der Waals surface area contributed by atoms with Crippen LogP contribution in [0.15, 0.2) is 55.0 Å². The maximum atomic E-state index is 11.9. The molecule has 0 radical (unpaired) electrons. The summed E-state index contributed by atoms with van der Waals surface area (Å²) < 4.78 is 0. The second-order valence-electron chi connectivity index (χ2n) is 6.90. The third kappa shape index (κ3) is 3.92. The number of amides is 1. The number of carbonyl (C=O) groups is 1. The molecule has 146 valence electrons. The molecule has 0 saturated carbocycles. The summed E-state index contributed by atoms with van der Waals surface area (Å²) in [7, 11) is 0. The summed E-state index contributed by atoms with van der Waals surface area (Å²) in [6.45, 7) is 2.42. The van der Waals surface area contributed by atoms with E-state index in [1.165, 1.54) is 6.20 Å². The number of H-pyrrole nitrogens is 1. The van der Waals surface area contributed by atoms with Crippen molar-refractivity contribution in [3.05, 3.63) is 60.7 Å². The zero-order chi connectivity index (χ0) is 20.4. The summed E-state index contributed by atoms with van der Waals surface area (Å²) in [5.74, 6) is -0.113. The van der Waals surface area contributed by atoms with E-state index in [1.807, 2.05) is 43.5 Å². The Morgan fingerprint density at radius 2 is 2.07 bits per heavy atom. The highest BCUT2D eigenvalue weighted by Gasteiger charge is 2.17. The number of nitrogens with one attached hydrogen (secondary N) is 2. The van der Waals surface area contributed by atoms with Gasteiger partial charge in [-0.1, -0.05) is 12.1 Å². The van der Waals surface area contributed by atoms with E-state index in [4.69, 9.17) is 11.5 Å². The van der Waals surface area contributed by atoms with Gasteiger partial charge in [0, 0.05) is 41.4 Å². The van der Waals surface area contributed by atoms with Crippen LogP contribution in [0, 0.1) is 0 Å². The molecule has 1 aromatic carbocycles. The minimum atomic E-state index is -0.638. The molecule has 3 aromatic heterocycles. The van der Waals surface area contributed by atoms with Crippen LogP contribution in [-0.4, -0.2) is 38.4 Å². The number of nitrogens with zero attached hydrogens (tertiary/aromatic N) is 3. The predicted octanol–water partition coefficient (Wildman–Crippen LogP) is 2.54. The fourth-order valence-corrected chi connectivity index (χ4v) is 3.08. The molecule has 4 aromatic rings. The van der Waals surface area contributed by atoms with E-state index in [0.29, 0.717) is 23.8 Å².